The number of ether oxygens (including phenoxy) is 1. The van der Waals surface area contributed by atoms with E-state index in [1.807, 2.05) is 13.8 Å². The predicted octanol–water partition coefficient (Wildman–Crippen LogP) is 2.68. The minimum absolute atomic E-state index is 0.0983. The van der Waals surface area contributed by atoms with Crippen LogP contribution < -0.4 is 4.90 Å². The number of morpholine rings is 1. The maximum absolute atomic E-state index is 14.2. The Labute approximate surface area is 121 Å². The van der Waals surface area contributed by atoms with E-state index in [4.69, 9.17) is 9.84 Å². The second-order valence-corrected chi connectivity index (χ2v) is 5.53. The number of hydrogen-bond acceptors (Lipinski definition) is 3. The number of carboxylic acids is 1. The van der Waals surface area contributed by atoms with Crippen LogP contribution in [0.3, 0.4) is 0 Å². The van der Waals surface area contributed by atoms with Crippen LogP contribution in [0.5, 0.6) is 0 Å². The molecule has 0 radical (unpaired) electrons. The van der Waals surface area contributed by atoms with Gasteiger partial charge in [-0.25, -0.2) is 13.6 Å². The third-order valence-electron chi connectivity index (χ3n) is 3.20. The average Bonchev–Trinajstić information content (AvgIpc) is 2.34. The lowest BCUT2D eigenvalue weighted by molar-refractivity contribution is -0.131. The third-order valence-corrected chi connectivity index (χ3v) is 3.20. The van der Waals surface area contributed by atoms with E-state index in [9.17, 15) is 13.6 Å². The van der Waals surface area contributed by atoms with E-state index < -0.39 is 23.2 Å². The second kappa shape index (κ2) is 5.81. The molecule has 1 saturated heterocycles. The highest BCUT2D eigenvalue weighted by atomic mass is 19.1. The molecule has 0 atom stereocenters. The Hall–Kier alpha value is -1.95. The van der Waals surface area contributed by atoms with Gasteiger partial charge in [-0.1, -0.05) is 0 Å². The van der Waals surface area contributed by atoms with Gasteiger partial charge in [0.1, 0.15) is 17.3 Å². The molecule has 1 aliphatic heterocycles. The lowest BCUT2D eigenvalue weighted by Crippen LogP contribution is -2.49. The van der Waals surface area contributed by atoms with Crippen LogP contribution in [0.1, 0.15) is 19.4 Å². The first-order valence-electron chi connectivity index (χ1n) is 6.57. The van der Waals surface area contributed by atoms with Crippen molar-refractivity contribution in [3.05, 3.63) is 35.4 Å². The largest absolute Gasteiger partial charge is 0.478 e. The zero-order valence-corrected chi connectivity index (χ0v) is 11.9. The molecule has 1 aliphatic rings. The monoisotopic (exact) mass is 297 g/mol. The molecule has 0 amide bonds. The molecule has 6 heteroatoms. The van der Waals surface area contributed by atoms with Crippen LogP contribution in [0, 0.1) is 11.6 Å². The molecule has 1 aromatic carbocycles. The van der Waals surface area contributed by atoms with E-state index >= 15 is 0 Å². The molecule has 114 valence electrons. The van der Waals surface area contributed by atoms with E-state index in [-0.39, 0.29) is 11.3 Å². The van der Waals surface area contributed by atoms with Crippen molar-refractivity contribution in [3.8, 4) is 0 Å². The number of carbonyl (C=O) groups is 1. The van der Waals surface area contributed by atoms with Crippen molar-refractivity contribution in [3.63, 3.8) is 0 Å². The highest BCUT2D eigenvalue weighted by Crippen LogP contribution is 2.29. The third kappa shape index (κ3) is 3.78. The van der Waals surface area contributed by atoms with Gasteiger partial charge >= 0.3 is 5.97 Å². The maximum Gasteiger partial charge on any atom is 0.328 e. The van der Waals surface area contributed by atoms with Gasteiger partial charge in [0.2, 0.25) is 0 Å². The molecule has 4 nitrogen and oxygen atoms in total. The fourth-order valence-electron chi connectivity index (χ4n) is 2.36. The standard InChI is InChI=1S/C15H17F2NO3/c1-15(2)9-18(5-6-21-15)14-11(16)7-10(8-12(14)17)3-4-13(19)20/h3-4,7-8H,5-6,9H2,1-2H3,(H,19,20). The summed E-state index contributed by atoms with van der Waals surface area (Å²) in [5.74, 6) is -2.59. The molecular formula is C15H17F2NO3. The van der Waals surface area contributed by atoms with Crippen molar-refractivity contribution in [2.45, 2.75) is 19.4 Å². The minimum atomic E-state index is -1.17. The molecule has 0 spiro atoms. The van der Waals surface area contributed by atoms with Crippen molar-refractivity contribution in [2.75, 3.05) is 24.6 Å². The first-order chi connectivity index (χ1) is 9.78. The van der Waals surface area contributed by atoms with E-state index in [0.29, 0.717) is 19.7 Å². The summed E-state index contributed by atoms with van der Waals surface area (Å²) >= 11 is 0. The smallest absolute Gasteiger partial charge is 0.328 e. The quantitative estimate of drug-likeness (QED) is 0.872. The van der Waals surface area contributed by atoms with Crippen LogP contribution in [-0.4, -0.2) is 36.4 Å². The summed E-state index contributed by atoms with van der Waals surface area (Å²) in [5, 5.41) is 8.53. The van der Waals surface area contributed by atoms with Gasteiger partial charge in [0, 0.05) is 19.2 Å². The topological polar surface area (TPSA) is 49.8 Å². The Morgan fingerprint density at radius 2 is 2.00 bits per heavy atom. The van der Waals surface area contributed by atoms with Crippen LogP contribution in [-0.2, 0) is 9.53 Å². The summed E-state index contributed by atoms with van der Waals surface area (Å²) in [7, 11) is 0. The zero-order chi connectivity index (χ0) is 15.6. The van der Waals surface area contributed by atoms with Crippen LogP contribution in [0.4, 0.5) is 14.5 Å². The normalized spacial score (nSPS) is 18.2. The number of rotatable bonds is 3. The lowest BCUT2D eigenvalue weighted by atomic mass is 10.1. The Morgan fingerprint density at radius 3 is 2.52 bits per heavy atom. The van der Waals surface area contributed by atoms with Gasteiger partial charge in [-0.15, -0.1) is 0 Å². The van der Waals surface area contributed by atoms with Gasteiger partial charge in [-0.3, -0.25) is 0 Å². The fourth-order valence-corrected chi connectivity index (χ4v) is 2.36. The fraction of sp³-hybridized carbons (Fsp3) is 0.400. The predicted molar refractivity (Wildman–Crippen MR) is 75.3 cm³/mol. The molecule has 0 saturated carbocycles. The molecule has 1 N–H and O–H groups in total. The van der Waals surface area contributed by atoms with Crippen molar-refractivity contribution in [1.29, 1.82) is 0 Å². The van der Waals surface area contributed by atoms with Gasteiger partial charge in [-0.2, -0.15) is 0 Å². The highest BCUT2D eigenvalue weighted by molar-refractivity contribution is 5.85. The first kappa shape index (κ1) is 15.4. The minimum Gasteiger partial charge on any atom is -0.478 e. The number of halogens is 2. The van der Waals surface area contributed by atoms with Gasteiger partial charge in [-0.05, 0) is 37.6 Å². The Kier molecular flexibility index (Phi) is 4.27. The number of benzene rings is 1. The van der Waals surface area contributed by atoms with Crippen LogP contribution >= 0.6 is 0 Å². The Bertz CT molecular complexity index is 561. The molecular weight excluding hydrogens is 280 g/mol. The zero-order valence-electron chi connectivity index (χ0n) is 11.9. The van der Waals surface area contributed by atoms with Crippen LogP contribution in [0.25, 0.3) is 6.08 Å². The number of aliphatic carboxylic acids is 1. The average molecular weight is 297 g/mol. The number of anilines is 1. The summed E-state index contributed by atoms with van der Waals surface area (Å²) in [5.41, 5.74) is -0.401. The van der Waals surface area contributed by atoms with Gasteiger partial charge in [0.15, 0.2) is 0 Å². The molecule has 21 heavy (non-hydrogen) atoms. The van der Waals surface area contributed by atoms with Crippen molar-refractivity contribution >= 4 is 17.7 Å². The van der Waals surface area contributed by atoms with E-state index in [1.54, 1.807) is 4.90 Å². The SMILES string of the molecule is CC1(C)CN(c2c(F)cc(C=CC(=O)O)cc2F)CCO1. The highest BCUT2D eigenvalue weighted by Gasteiger charge is 2.30. The van der Waals surface area contributed by atoms with Crippen molar-refractivity contribution in [1.82, 2.24) is 0 Å². The molecule has 2 rings (SSSR count). The maximum atomic E-state index is 14.2. The van der Waals surface area contributed by atoms with Gasteiger partial charge in [0.25, 0.3) is 0 Å². The summed E-state index contributed by atoms with van der Waals surface area (Å²) in [4.78, 5) is 12.0. The summed E-state index contributed by atoms with van der Waals surface area (Å²) < 4.78 is 33.9. The Balaban J connectivity index is 2.31. The second-order valence-electron chi connectivity index (χ2n) is 5.53. The van der Waals surface area contributed by atoms with Crippen LogP contribution in [0.2, 0.25) is 0 Å². The van der Waals surface area contributed by atoms with Crippen LogP contribution in [0.15, 0.2) is 18.2 Å². The van der Waals surface area contributed by atoms with E-state index in [2.05, 4.69) is 0 Å². The van der Waals surface area contributed by atoms with E-state index in [1.165, 1.54) is 0 Å². The van der Waals surface area contributed by atoms with Gasteiger partial charge in [0.05, 0.1) is 12.2 Å². The van der Waals surface area contributed by atoms with Crippen molar-refractivity contribution in [2.24, 2.45) is 0 Å². The number of carboxylic acid groups (broad SMARTS) is 1. The first-order valence-corrected chi connectivity index (χ1v) is 6.57. The number of nitrogens with zero attached hydrogens (tertiary/aromatic N) is 1. The molecule has 0 aromatic heterocycles. The summed E-state index contributed by atoms with van der Waals surface area (Å²) in [6, 6.07) is 2.25. The molecule has 0 bridgehead atoms. The summed E-state index contributed by atoms with van der Waals surface area (Å²) in [6.07, 6.45) is 1.99. The molecule has 0 unspecified atom stereocenters. The molecule has 1 heterocycles. The molecule has 1 fully saturated rings. The molecule has 1 aromatic rings. The summed E-state index contributed by atoms with van der Waals surface area (Å²) in [6.45, 7) is 4.90. The number of hydrogen-bond donors (Lipinski definition) is 1. The van der Waals surface area contributed by atoms with Crippen molar-refractivity contribution < 1.29 is 23.4 Å². The van der Waals surface area contributed by atoms with E-state index in [0.717, 1.165) is 24.3 Å². The molecule has 0 aliphatic carbocycles. The Morgan fingerprint density at radius 1 is 1.38 bits per heavy atom. The lowest BCUT2D eigenvalue weighted by Gasteiger charge is -2.39. The van der Waals surface area contributed by atoms with Gasteiger partial charge < -0.3 is 14.7 Å².